The Morgan fingerprint density at radius 2 is 2.05 bits per heavy atom. The molecule has 0 radical (unpaired) electrons. The number of rotatable bonds is 2. The van der Waals surface area contributed by atoms with E-state index in [9.17, 15) is 4.79 Å². The van der Waals surface area contributed by atoms with Crippen molar-refractivity contribution in [2.75, 3.05) is 0 Å². The zero-order chi connectivity index (χ0) is 13.1. The topological polar surface area (TPSA) is 54.1 Å². The van der Waals surface area contributed by atoms with E-state index in [1.807, 2.05) is 30.5 Å². The van der Waals surface area contributed by atoms with E-state index in [2.05, 4.69) is 10.3 Å². The summed E-state index contributed by atoms with van der Waals surface area (Å²) in [5, 5.41) is 3.88. The molecule has 0 unspecified atom stereocenters. The van der Waals surface area contributed by atoms with Crippen molar-refractivity contribution in [3.8, 4) is 5.75 Å². The maximum absolute atomic E-state index is 11.9. The molecule has 2 N–H and O–H groups in total. The van der Waals surface area contributed by atoms with Crippen molar-refractivity contribution in [2.45, 2.75) is 38.1 Å². The number of hydrogen-bond donors (Lipinski definition) is 2. The van der Waals surface area contributed by atoms with Crippen LogP contribution in [0.5, 0.6) is 5.75 Å². The maximum atomic E-state index is 11.9. The van der Waals surface area contributed by atoms with Crippen LogP contribution in [0.1, 0.15) is 32.1 Å². The lowest BCUT2D eigenvalue weighted by atomic mass is 9.96. The minimum atomic E-state index is -0.347. The fourth-order valence-electron chi connectivity index (χ4n) is 2.69. The first-order valence-corrected chi connectivity index (χ1v) is 6.87. The highest BCUT2D eigenvalue weighted by Gasteiger charge is 2.17. The van der Waals surface area contributed by atoms with Crippen molar-refractivity contribution in [3.63, 3.8) is 0 Å². The van der Waals surface area contributed by atoms with Crippen LogP contribution < -0.4 is 10.1 Å². The van der Waals surface area contributed by atoms with E-state index in [-0.39, 0.29) is 12.1 Å². The number of ether oxygens (including phenoxy) is 1. The van der Waals surface area contributed by atoms with Crippen LogP contribution in [-0.4, -0.2) is 17.1 Å². The zero-order valence-electron chi connectivity index (χ0n) is 10.8. The van der Waals surface area contributed by atoms with Crippen molar-refractivity contribution < 1.29 is 9.53 Å². The van der Waals surface area contributed by atoms with Gasteiger partial charge in [0.2, 0.25) is 0 Å². The van der Waals surface area contributed by atoms with Crippen LogP contribution in [0.15, 0.2) is 30.5 Å². The number of H-pyrrole nitrogens is 1. The number of amides is 1. The van der Waals surface area contributed by atoms with Crippen LogP contribution in [0.25, 0.3) is 10.9 Å². The lowest BCUT2D eigenvalue weighted by molar-refractivity contribution is 0.192. The molecule has 0 spiro atoms. The molecule has 1 saturated carbocycles. The van der Waals surface area contributed by atoms with Gasteiger partial charge in [0, 0.05) is 23.1 Å². The van der Waals surface area contributed by atoms with Crippen molar-refractivity contribution >= 4 is 17.0 Å². The minimum absolute atomic E-state index is 0.270. The molecule has 1 heterocycles. The van der Waals surface area contributed by atoms with E-state index in [1.54, 1.807) is 0 Å². The number of aromatic amines is 1. The second-order valence-corrected chi connectivity index (χ2v) is 5.06. The van der Waals surface area contributed by atoms with Crippen LogP contribution >= 0.6 is 0 Å². The lowest BCUT2D eigenvalue weighted by Gasteiger charge is -2.22. The maximum Gasteiger partial charge on any atom is 0.412 e. The largest absolute Gasteiger partial charge is 0.412 e. The van der Waals surface area contributed by atoms with Gasteiger partial charge in [-0.3, -0.25) is 0 Å². The molecule has 19 heavy (non-hydrogen) atoms. The standard InChI is InChI=1S/C15H18N2O2/c18-15(17-11-5-2-1-3-6-11)19-14-8-4-7-13-12(14)9-10-16-13/h4,7-11,16H,1-3,5-6H2,(H,17,18). The number of benzene rings is 1. The van der Waals surface area contributed by atoms with Gasteiger partial charge in [0.25, 0.3) is 0 Å². The highest BCUT2D eigenvalue weighted by Crippen LogP contribution is 2.25. The highest BCUT2D eigenvalue weighted by atomic mass is 16.6. The molecule has 0 aliphatic heterocycles. The molecule has 2 aromatic rings. The summed E-state index contributed by atoms with van der Waals surface area (Å²) in [4.78, 5) is 15.0. The van der Waals surface area contributed by atoms with Crippen LogP contribution in [0.2, 0.25) is 0 Å². The molecule has 0 saturated heterocycles. The summed E-state index contributed by atoms with van der Waals surface area (Å²) in [6, 6.07) is 7.84. The summed E-state index contributed by atoms with van der Waals surface area (Å²) in [7, 11) is 0. The molecule has 1 amide bonds. The first-order valence-electron chi connectivity index (χ1n) is 6.87. The predicted octanol–water partition coefficient (Wildman–Crippen LogP) is 3.59. The fraction of sp³-hybridized carbons (Fsp3) is 0.400. The summed E-state index contributed by atoms with van der Waals surface area (Å²) in [6.07, 6.45) is 7.27. The number of carbonyl (C=O) groups excluding carboxylic acids is 1. The van der Waals surface area contributed by atoms with E-state index < -0.39 is 0 Å². The van der Waals surface area contributed by atoms with Gasteiger partial charge in [-0.05, 0) is 31.0 Å². The van der Waals surface area contributed by atoms with Gasteiger partial charge in [0.1, 0.15) is 5.75 Å². The number of fused-ring (bicyclic) bond motifs is 1. The van der Waals surface area contributed by atoms with E-state index in [0.717, 1.165) is 23.7 Å². The summed E-state index contributed by atoms with van der Waals surface area (Å²) in [5.41, 5.74) is 0.975. The number of hydrogen-bond acceptors (Lipinski definition) is 2. The Morgan fingerprint density at radius 1 is 1.21 bits per heavy atom. The van der Waals surface area contributed by atoms with Gasteiger partial charge >= 0.3 is 6.09 Å². The van der Waals surface area contributed by atoms with Crippen molar-refractivity contribution in [3.05, 3.63) is 30.5 Å². The van der Waals surface area contributed by atoms with Crippen molar-refractivity contribution in [1.82, 2.24) is 10.3 Å². The number of nitrogens with one attached hydrogen (secondary N) is 2. The van der Waals surface area contributed by atoms with Crippen LogP contribution in [0.3, 0.4) is 0 Å². The molecular formula is C15H18N2O2. The number of carbonyl (C=O) groups is 1. The molecule has 1 aliphatic carbocycles. The van der Waals surface area contributed by atoms with Gasteiger partial charge in [-0.2, -0.15) is 0 Å². The quantitative estimate of drug-likeness (QED) is 0.864. The average molecular weight is 258 g/mol. The van der Waals surface area contributed by atoms with Crippen molar-refractivity contribution in [2.24, 2.45) is 0 Å². The van der Waals surface area contributed by atoms with Gasteiger partial charge in [0.15, 0.2) is 0 Å². The Labute approximate surface area is 112 Å². The third-order valence-electron chi connectivity index (χ3n) is 3.68. The summed E-state index contributed by atoms with van der Waals surface area (Å²) in [5.74, 6) is 0.604. The van der Waals surface area contributed by atoms with Gasteiger partial charge in [0.05, 0.1) is 0 Å². The number of aromatic nitrogens is 1. The Kier molecular flexibility index (Phi) is 3.40. The van der Waals surface area contributed by atoms with E-state index in [4.69, 9.17) is 4.74 Å². The normalized spacial score (nSPS) is 16.4. The summed E-state index contributed by atoms with van der Waals surface area (Å²) >= 11 is 0. The monoisotopic (exact) mass is 258 g/mol. The van der Waals surface area contributed by atoms with Gasteiger partial charge in [-0.15, -0.1) is 0 Å². The second-order valence-electron chi connectivity index (χ2n) is 5.06. The SMILES string of the molecule is O=C(NC1CCCCC1)Oc1cccc2[nH]ccc12. The molecule has 0 bridgehead atoms. The first kappa shape index (κ1) is 12.1. The van der Waals surface area contributed by atoms with Gasteiger partial charge in [-0.25, -0.2) is 4.79 Å². The highest BCUT2D eigenvalue weighted by molar-refractivity contribution is 5.88. The predicted molar refractivity (Wildman–Crippen MR) is 74.3 cm³/mol. The molecule has 1 aromatic carbocycles. The molecule has 100 valence electrons. The molecule has 1 aromatic heterocycles. The Hall–Kier alpha value is -1.97. The minimum Gasteiger partial charge on any atom is -0.410 e. The Bertz CT molecular complexity index is 570. The molecule has 3 rings (SSSR count). The van der Waals surface area contributed by atoms with Crippen LogP contribution in [-0.2, 0) is 0 Å². The first-order chi connectivity index (χ1) is 9.33. The van der Waals surface area contributed by atoms with Gasteiger partial charge < -0.3 is 15.0 Å². The average Bonchev–Trinajstić information content (AvgIpc) is 2.89. The fourth-order valence-corrected chi connectivity index (χ4v) is 2.69. The summed E-state index contributed by atoms with van der Waals surface area (Å²) in [6.45, 7) is 0. The molecule has 0 atom stereocenters. The summed E-state index contributed by atoms with van der Waals surface area (Å²) < 4.78 is 5.42. The third-order valence-corrected chi connectivity index (χ3v) is 3.68. The van der Waals surface area contributed by atoms with Crippen LogP contribution in [0.4, 0.5) is 4.79 Å². The second kappa shape index (κ2) is 5.34. The smallest absolute Gasteiger partial charge is 0.410 e. The van der Waals surface area contributed by atoms with Crippen molar-refractivity contribution in [1.29, 1.82) is 0 Å². The Balaban J connectivity index is 1.67. The lowest BCUT2D eigenvalue weighted by Crippen LogP contribution is -2.38. The van der Waals surface area contributed by atoms with E-state index >= 15 is 0 Å². The van der Waals surface area contributed by atoms with E-state index in [0.29, 0.717) is 5.75 Å². The van der Waals surface area contributed by atoms with E-state index in [1.165, 1.54) is 19.3 Å². The molecule has 1 fully saturated rings. The molecular weight excluding hydrogens is 240 g/mol. The Morgan fingerprint density at radius 3 is 2.89 bits per heavy atom. The third kappa shape index (κ3) is 2.72. The molecule has 4 nitrogen and oxygen atoms in total. The molecule has 1 aliphatic rings. The molecule has 4 heteroatoms. The zero-order valence-corrected chi connectivity index (χ0v) is 10.8. The van der Waals surface area contributed by atoms with Crippen LogP contribution in [0, 0.1) is 0 Å². The van der Waals surface area contributed by atoms with Gasteiger partial charge in [-0.1, -0.05) is 25.3 Å².